The Morgan fingerprint density at radius 3 is 2.57 bits per heavy atom. The topological polar surface area (TPSA) is 12.5 Å². The molecule has 1 aromatic carbocycles. The summed E-state index contributed by atoms with van der Waals surface area (Å²) in [5.41, 5.74) is 0. The molecule has 1 aromatic rings. The summed E-state index contributed by atoms with van der Waals surface area (Å²) in [5, 5.41) is 0. The van der Waals surface area contributed by atoms with Crippen LogP contribution in [0, 0.1) is 0 Å². The maximum atomic E-state index is 5.21. The molecule has 0 spiro atoms. The van der Waals surface area contributed by atoms with E-state index in [9.17, 15) is 0 Å². The van der Waals surface area contributed by atoms with E-state index >= 15 is 0 Å². The quantitative estimate of drug-likeness (QED) is 0.786. The van der Waals surface area contributed by atoms with Crippen molar-refractivity contribution in [2.75, 3.05) is 20.2 Å². The summed E-state index contributed by atoms with van der Waals surface area (Å²) in [6.07, 6.45) is 0.429. The minimum absolute atomic E-state index is 0.429. The fourth-order valence-corrected chi connectivity index (χ4v) is 2.57. The minimum atomic E-state index is 0.429. The monoisotopic (exact) mass is 273 g/mol. The molecule has 1 fully saturated rings. The first kappa shape index (κ1) is 10.5. The molecule has 0 N–H and O–H groups in total. The summed E-state index contributed by atoms with van der Waals surface area (Å²) in [7, 11) is 1.77. The Hall–Kier alpha value is -0.0300. The summed E-state index contributed by atoms with van der Waals surface area (Å²) in [5.74, 6) is 0. The second-order valence-electron chi connectivity index (χ2n) is 3.25. The molecular formula is C10H12BrNOS. The van der Waals surface area contributed by atoms with Crippen molar-refractivity contribution in [3.05, 3.63) is 28.7 Å². The van der Waals surface area contributed by atoms with E-state index in [1.54, 1.807) is 19.1 Å². The summed E-state index contributed by atoms with van der Waals surface area (Å²) in [6, 6.07) is 8.37. The largest absolute Gasteiger partial charge is 0.379 e. The van der Waals surface area contributed by atoms with Crippen LogP contribution in [0.4, 0.5) is 0 Å². The Labute approximate surface area is 96.9 Å². The van der Waals surface area contributed by atoms with Gasteiger partial charge in [-0.15, -0.1) is 0 Å². The van der Waals surface area contributed by atoms with Crippen molar-refractivity contribution in [1.29, 1.82) is 0 Å². The van der Waals surface area contributed by atoms with E-state index in [0.29, 0.717) is 6.10 Å². The lowest BCUT2D eigenvalue weighted by molar-refractivity contribution is 0.0174. The third-order valence-electron chi connectivity index (χ3n) is 2.20. The average Bonchev–Trinajstić information content (AvgIpc) is 2.13. The van der Waals surface area contributed by atoms with Crippen LogP contribution in [0.25, 0.3) is 0 Å². The van der Waals surface area contributed by atoms with Gasteiger partial charge >= 0.3 is 0 Å². The number of ether oxygens (including phenoxy) is 1. The summed E-state index contributed by atoms with van der Waals surface area (Å²) >= 11 is 5.21. The van der Waals surface area contributed by atoms with Gasteiger partial charge in [-0.3, -0.25) is 0 Å². The van der Waals surface area contributed by atoms with Crippen LogP contribution >= 0.6 is 27.9 Å². The lowest BCUT2D eigenvalue weighted by Gasteiger charge is -2.36. The molecule has 0 radical (unpaired) electrons. The molecule has 0 unspecified atom stereocenters. The van der Waals surface area contributed by atoms with E-state index in [2.05, 4.69) is 44.5 Å². The molecule has 0 aromatic heterocycles. The Bertz CT molecular complexity index is 297. The highest BCUT2D eigenvalue weighted by atomic mass is 79.9. The van der Waals surface area contributed by atoms with Gasteiger partial charge in [-0.05, 0) is 36.2 Å². The molecular weight excluding hydrogens is 262 g/mol. The molecule has 14 heavy (non-hydrogen) atoms. The minimum Gasteiger partial charge on any atom is -0.379 e. The van der Waals surface area contributed by atoms with Crippen LogP contribution in [0.15, 0.2) is 33.6 Å². The summed E-state index contributed by atoms with van der Waals surface area (Å²) in [4.78, 5) is 1.28. The van der Waals surface area contributed by atoms with Gasteiger partial charge in [0.2, 0.25) is 0 Å². The SMILES string of the molecule is COC1CN(Sc2ccc(Br)cc2)C1. The molecule has 4 heteroatoms. The first-order chi connectivity index (χ1) is 6.78. The number of rotatable bonds is 3. The second-order valence-corrected chi connectivity index (χ2v) is 5.34. The zero-order valence-electron chi connectivity index (χ0n) is 7.94. The Morgan fingerprint density at radius 2 is 2.00 bits per heavy atom. The van der Waals surface area contributed by atoms with E-state index in [1.165, 1.54) is 4.90 Å². The van der Waals surface area contributed by atoms with Crippen LogP contribution in [0.3, 0.4) is 0 Å². The zero-order valence-corrected chi connectivity index (χ0v) is 10.3. The van der Waals surface area contributed by atoms with E-state index in [0.717, 1.165) is 17.6 Å². The molecule has 1 aliphatic heterocycles. The van der Waals surface area contributed by atoms with Gasteiger partial charge in [0.1, 0.15) is 0 Å². The van der Waals surface area contributed by atoms with Crippen LogP contribution in [-0.2, 0) is 4.74 Å². The van der Waals surface area contributed by atoms with Gasteiger partial charge in [0.05, 0.1) is 6.10 Å². The Balaban J connectivity index is 1.84. The number of hydrogen-bond donors (Lipinski definition) is 0. The van der Waals surface area contributed by atoms with Crippen molar-refractivity contribution in [1.82, 2.24) is 4.31 Å². The third-order valence-corrected chi connectivity index (χ3v) is 3.76. The second kappa shape index (κ2) is 4.66. The molecule has 0 aliphatic carbocycles. The smallest absolute Gasteiger partial charge is 0.0843 e. The lowest BCUT2D eigenvalue weighted by Crippen LogP contribution is -2.47. The van der Waals surface area contributed by atoms with Gasteiger partial charge < -0.3 is 4.74 Å². The molecule has 1 aliphatic rings. The first-order valence-electron chi connectivity index (χ1n) is 4.49. The van der Waals surface area contributed by atoms with Crippen molar-refractivity contribution in [2.45, 2.75) is 11.0 Å². The van der Waals surface area contributed by atoms with Gasteiger partial charge in [0.25, 0.3) is 0 Å². The van der Waals surface area contributed by atoms with Crippen molar-refractivity contribution < 1.29 is 4.74 Å². The highest BCUT2D eigenvalue weighted by Crippen LogP contribution is 2.29. The molecule has 0 saturated carbocycles. The van der Waals surface area contributed by atoms with Crippen molar-refractivity contribution >= 4 is 27.9 Å². The van der Waals surface area contributed by atoms with E-state index in [4.69, 9.17) is 4.74 Å². The number of benzene rings is 1. The molecule has 2 rings (SSSR count). The van der Waals surface area contributed by atoms with Crippen LogP contribution < -0.4 is 0 Å². The Kier molecular flexibility index (Phi) is 3.49. The van der Waals surface area contributed by atoms with Crippen LogP contribution in [0.1, 0.15) is 0 Å². The van der Waals surface area contributed by atoms with Crippen LogP contribution in [0.2, 0.25) is 0 Å². The fraction of sp³-hybridized carbons (Fsp3) is 0.400. The number of methoxy groups -OCH3 is 1. The van der Waals surface area contributed by atoms with Crippen LogP contribution in [0.5, 0.6) is 0 Å². The summed E-state index contributed by atoms with van der Waals surface area (Å²) < 4.78 is 8.64. The summed E-state index contributed by atoms with van der Waals surface area (Å²) in [6.45, 7) is 2.05. The molecule has 1 saturated heterocycles. The maximum Gasteiger partial charge on any atom is 0.0843 e. The molecule has 0 bridgehead atoms. The fourth-order valence-electron chi connectivity index (χ4n) is 1.27. The van der Waals surface area contributed by atoms with Crippen LogP contribution in [-0.4, -0.2) is 30.6 Å². The molecule has 2 nitrogen and oxygen atoms in total. The number of hydrogen-bond acceptors (Lipinski definition) is 3. The van der Waals surface area contributed by atoms with Crippen molar-refractivity contribution in [2.24, 2.45) is 0 Å². The highest BCUT2D eigenvalue weighted by Gasteiger charge is 2.26. The molecule has 0 amide bonds. The van der Waals surface area contributed by atoms with E-state index in [-0.39, 0.29) is 0 Å². The first-order valence-corrected chi connectivity index (χ1v) is 6.06. The third kappa shape index (κ3) is 2.51. The predicted molar refractivity (Wildman–Crippen MR) is 62.4 cm³/mol. The number of nitrogens with zero attached hydrogens (tertiary/aromatic N) is 1. The standard InChI is InChI=1S/C10H12BrNOS/c1-13-9-6-12(7-9)14-10-4-2-8(11)3-5-10/h2-5,9H,6-7H2,1H3. The lowest BCUT2D eigenvalue weighted by atomic mass is 10.2. The van der Waals surface area contributed by atoms with Gasteiger partial charge in [-0.1, -0.05) is 15.9 Å². The molecule has 1 heterocycles. The van der Waals surface area contributed by atoms with Gasteiger partial charge in [-0.25, -0.2) is 4.31 Å². The van der Waals surface area contributed by atoms with Gasteiger partial charge in [-0.2, -0.15) is 0 Å². The van der Waals surface area contributed by atoms with Crippen molar-refractivity contribution in [3.63, 3.8) is 0 Å². The van der Waals surface area contributed by atoms with E-state index < -0.39 is 0 Å². The number of halogens is 1. The van der Waals surface area contributed by atoms with Gasteiger partial charge in [0, 0.05) is 29.6 Å². The highest BCUT2D eigenvalue weighted by molar-refractivity contribution is 9.10. The van der Waals surface area contributed by atoms with Crippen molar-refractivity contribution in [3.8, 4) is 0 Å². The van der Waals surface area contributed by atoms with E-state index in [1.807, 2.05) is 0 Å². The maximum absolute atomic E-state index is 5.21. The zero-order chi connectivity index (χ0) is 9.97. The normalized spacial score (nSPS) is 18.1. The molecule has 0 atom stereocenters. The Morgan fingerprint density at radius 1 is 1.36 bits per heavy atom. The molecule has 76 valence electrons. The van der Waals surface area contributed by atoms with Gasteiger partial charge in [0.15, 0.2) is 0 Å². The predicted octanol–water partition coefficient (Wildman–Crippen LogP) is 2.79. The average molecular weight is 274 g/mol.